The molecule has 112 valence electrons. The van der Waals surface area contributed by atoms with Crippen molar-refractivity contribution in [3.63, 3.8) is 0 Å². The van der Waals surface area contributed by atoms with Gasteiger partial charge in [0.2, 0.25) is 5.82 Å². The molecule has 0 unspecified atom stereocenters. The van der Waals surface area contributed by atoms with Crippen LogP contribution in [0.25, 0.3) is 23.0 Å². The van der Waals surface area contributed by atoms with Crippen molar-refractivity contribution >= 4 is 0 Å². The van der Waals surface area contributed by atoms with Crippen molar-refractivity contribution in [3.8, 4) is 28.7 Å². The first-order valence-electron chi connectivity index (χ1n) is 7.23. The van der Waals surface area contributed by atoms with E-state index >= 15 is 0 Å². The third kappa shape index (κ3) is 2.05. The number of benzene rings is 1. The number of rotatable bonds is 3. The number of ether oxygens (including phenoxy) is 1. The molecule has 0 atom stereocenters. The zero-order valence-electron chi connectivity index (χ0n) is 12.4. The molecule has 1 aliphatic rings. The van der Waals surface area contributed by atoms with Crippen LogP contribution in [0.2, 0.25) is 0 Å². The maximum atomic E-state index is 5.51. The second kappa shape index (κ2) is 4.94. The lowest BCUT2D eigenvalue weighted by Gasteiger charge is -2.05. The van der Waals surface area contributed by atoms with E-state index in [-0.39, 0.29) is 6.04 Å². The summed E-state index contributed by atoms with van der Waals surface area (Å²) in [6.45, 7) is 4.78. The van der Waals surface area contributed by atoms with Crippen molar-refractivity contribution in [1.82, 2.24) is 25.1 Å². The van der Waals surface area contributed by atoms with Gasteiger partial charge in [-0.2, -0.15) is 4.98 Å². The average Bonchev–Trinajstić information content (AvgIpc) is 3.25. The molecule has 3 heterocycles. The van der Waals surface area contributed by atoms with Gasteiger partial charge in [-0.25, -0.2) is 4.68 Å². The fourth-order valence-corrected chi connectivity index (χ4v) is 2.55. The molecule has 0 saturated carbocycles. The number of hydrogen-bond donors (Lipinski definition) is 0. The second-order valence-electron chi connectivity index (χ2n) is 5.50. The Morgan fingerprint density at radius 1 is 1.27 bits per heavy atom. The third-order valence-corrected chi connectivity index (χ3v) is 3.66. The van der Waals surface area contributed by atoms with Gasteiger partial charge in [-0.05, 0) is 37.6 Å². The van der Waals surface area contributed by atoms with Crippen LogP contribution in [0.5, 0.6) is 5.75 Å². The number of nitrogens with zero attached hydrogens (tertiary/aromatic N) is 5. The van der Waals surface area contributed by atoms with Gasteiger partial charge in [0.25, 0.3) is 5.89 Å². The van der Waals surface area contributed by atoms with Crippen molar-refractivity contribution in [2.45, 2.75) is 26.3 Å². The first kappa shape index (κ1) is 13.0. The molecule has 4 rings (SSSR count). The molecule has 7 nitrogen and oxygen atoms in total. The van der Waals surface area contributed by atoms with E-state index < -0.39 is 0 Å². The number of fused-ring (bicyclic) bond motifs is 1. The van der Waals surface area contributed by atoms with Crippen molar-refractivity contribution in [2.75, 3.05) is 6.61 Å². The van der Waals surface area contributed by atoms with Gasteiger partial charge in [0.05, 0.1) is 12.8 Å². The molecule has 2 aromatic heterocycles. The molecule has 3 aromatic rings. The van der Waals surface area contributed by atoms with Gasteiger partial charge in [-0.3, -0.25) is 0 Å². The molecule has 7 heteroatoms. The smallest absolute Gasteiger partial charge is 0.278 e. The topological polar surface area (TPSA) is 78.9 Å². The summed E-state index contributed by atoms with van der Waals surface area (Å²) in [5.74, 6) is 1.92. The van der Waals surface area contributed by atoms with Crippen LogP contribution in [0.3, 0.4) is 0 Å². The summed E-state index contributed by atoms with van der Waals surface area (Å²) >= 11 is 0. The Bertz CT molecular complexity index is 821. The van der Waals surface area contributed by atoms with Crippen LogP contribution < -0.4 is 4.74 Å². The first-order chi connectivity index (χ1) is 10.7. The fourth-order valence-electron chi connectivity index (χ4n) is 2.55. The van der Waals surface area contributed by atoms with E-state index in [1.54, 1.807) is 10.9 Å². The van der Waals surface area contributed by atoms with E-state index in [0.29, 0.717) is 11.7 Å². The van der Waals surface area contributed by atoms with Gasteiger partial charge >= 0.3 is 0 Å². The fraction of sp³-hybridized carbons (Fsp3) is 0.333. The maximum absolute atomic E-state index is 5.51. The highest BCUT2D eigenvalue weighted by molar-refractivity contribution is 5.61. The molecule has 0 N–H and O–H groups in total. The zero-order chi connectivity index (χ0) is 15.1. The van der Waals surface area contributed by atoms with Crippen molar-refractivity contribution in [1.29, 1.82) is 0 Å². The van der Waals surface area contributed by atoms with Gasteiger partial charge in [-0.15, -0.1) is 5.10 Å². The summed E-state index contributed by atoms with van der Waals surface area (Å²) in [5.41, 5.74) is 2.82. The van der Waals surface area contributed by atoms with Crippen LogP contribution in [-0.2, 0) is 6.42 Å². The van der Waals surface area contributed by atoms with E-state index in [1.807, 2.05) is 26.0 Å². The Kier molecular flexibility index (Phi) is 2.92. The van der Waals surface area contributed by atoms with Crippen LogP contribution >= 0.6 is 0 Å². The maximum Gasteiger partial charge on any atom is 0.278 e. The molecule has 0 amide bonds. The minimum Gasteiger partial charge on any atom is -0.493 e. The minimum atomic E-state index is 0.171. The van der Waals surface area contributed by atoms with E-state index in [2.05, 4.69) is 26.5 Å². The van der Waals surface area contributed by atoms with E-state index in [1.165, 1.54) is 5.56 Å². The van der Waals surface area contributed by atoms with Crippen LogP contribution in [-0.4, -0.2) is 31.7 Å². The Morgan fingerprint density at radius 2 is 2.18 bits per heavy atom. The predicted octanol–water partition coefficient (Wildman–Crippen LogP) is 2.51. The molecule has 1 aliphatic heterocycles. The van der Waals surface area contributed by atoms with Crippen LogP contribution in [0.15, 0.2) is 28.9 Å². The standard InChI is InChI=1S/C15H15N5O2/c1-9(2)20-12(8-16-19-20)15-17-14(18-22-15)11-3-4-13-10(7-11)5-6-21-13/h3-4,7-9H,5-6H2,1-2H3. The molecule has 0 spiro atoms. The van der Waals surface area contributed by atoms with Crippen molar-refractivity contribution < 1.29 is 9.26 Å². The monoisotopic (exact) mass is 297 g/mol. The van der Waals surface area contributed by atoms with Gasteiger partial charge < -0.3 is 9.26 Å². The Balaban J connectivity index is 1.71. The summed E-state index contributed by atoms with van der Waals surface area (Å²) in [7, 11) is 0. The highest BCUT2D eigenvalue weighted by Gasteiger charge is 2.19. The lowest BCUT2D eigenvalue weighted by molar-refractivity contribution is 0.357. The Morgan fingerprint density at radius 3 is 3.05 bits per heavy atom. The molecule has 0 saturated heterocycles. The molecule has 1 aromatic carbocycles. The summed E-state index contributed by atoms with van der Waals surface area (Å²) in [5, 5.41) is 12.0. The largest absolute Gasteiger partial charge is 0.493 e. The van der Waals surface area contributed by atoms with Gasteiger partial charge in [-0.1, -0.05) is 10.4 Å². The second-order valence-corrected chi connectivity index (χ2v) is 5.50. The SMILES string of the molecule is CC(C)n1nncc1-c1nc(-c2ccc3c(c2)CCO3)no1. The van der Waals surface area contributed by atoms with Crippen molar-refractivity contribution in [2.24, 2.45) is 0 Å². The Hall–Kier alpha value is -2.70. The lowest BCUT2D eigenvalue weighted by Crippen LogP contribution is -2.04. The van der Waals surface area contributed by atoms with E-state index in [0.717, 1.165) is 30.0 Å². The number of hydrogen-bond acceptors (Lipinski definition) is 6. The molecular weight excluding hydrogens is 282 g/mol. The van der Waals surface area contributed by atoms with E-state index in [4.69, 9.17) is 9.26 Å². The number of aromatic nitrogens is 5. The summed E-state index contributed by atoms with van der Waals surface area (Å²) in [6, 6.07) is 6.12. The molecule has 0 radical (unpaired) electrons. The average molecular weight is 297 g/mol. The molecule has 22 heavy (non-hydrogen) atoms. The molecule has 0 bridgehead atoms. The lowest BCUT2D eigenvalue weighted by atomic mass is 10.1. The van der Waals surface area contributed by atoms with Gasteiger partial charge in [0.1, 0.15) is 11.4 Å². The minimum absolute atomic E-state index is 0.171. The highest BCUT2D eigenvalue weighted by Crippen LogP contribution is 2.30. The first-order valence-corrected chi connectivity index (χ1v) is 7.23. The van der Waals surface area contributed by atoms with E-state index in [9.17, 15) is 0 Å². The van der Waals surface area contributed by atoms with Crippen LogP contribution in [0.4, 0.5) is 0 Å². The molecule has 0 aliphatic carbocycles. The molecular formula is C15H15N5O2. The van der Waals surface area contributed by atoms with Gasteiger partial charge in [0.15, 0.2) is 0 Å². The van der Waals surface area contributed by atoms with Crippen molar-refractivity contribution in [3.05, 3.63) is 30.0 Å². The summed E-state index contributed by atoms with van der Waals surface area (Å²) < 4.78 is 12.6. The summed E-state index contributed by atoms with van der Waals surface area (Å²) in [6.07, 6.45) is 2.55. The third-order valence-electron chi connectivity index (χ3n) is 3.66. The highest BCUT2D eigenvalue weighted by atomic mass is 16.5. The van der Waals surface area contributed by atoms with Gasteiger partial charge in [0, 0.05) is 18.0 Å². The quantitative estimate of drug-likeness (QED) is 0.739. The predicted molar refractivity (Wildman–Crippen MR) is 78.3 cm³/mol. The normalized spacial score (nSPS) is 13.4. The Labute approximate surface area is 126 Å². The summed E-state index contributed by atoms with van der Waals surface area (Å²) in [4.78, 5) is 4.47. The van der Waals surface area contributed by atoms with Crippen LogP contribution in [0, 0.1) is 0 Å². The zero-order valence-corrected chi connectivity index (χ0v) is 12.4. The van der Waals surface area contributed by atoms with Crippen LogP contribution in [0.1, 0.15) is 25.5 Å². The molecule has 0 fully saturated rings.